The first-order valence-corrected chi connectivity index (χ1v) is 7.62. The van der Waals surface area contributed by atoms with Crippen LogP contribution >= 0.6 is 11.3 Å². The maximum Gasteiger partial charge on any atom is 0.289 e. The molecule has 0 aliphatic heterocycles. The van der Waals surface area contributed by atoms with Gasteiger partial charge in [0.1, 0.15) is 5.52 Å². The van der Waals surface area contributed by atoms with E-state index in [1.54, 1.807) is 29.4 Å². The summed E-state index contributed by atoms with van der Waals surface area (Å²) in [5.74, 6) is 0.195. The van der Waals surface area contributed by atoms with Crippen molar-refractivity contribution in [3.8, 4) is 0 Å². The van der Waals surface area contributed by atoms with E-state index in [0.717, 1.165) is 16.1 Å². The van der Waals surface area contributed by atoms with E-state index in [2.05, 4.69) is 4.98 Å². The van der Waals surface area contributed by atoms with Gasteiger partial charge in [-0.15, -0.1) is 11.3 Å². The van der Waals surface area contributed by atoms with Crippen LogP contribution in [0.5, 0.6) is 0 Å². The van der Waals surface area contributed by atoms with Crippen molar-refractivity contribution in [2.24, 2.45) is 0 Å². The molecule has 0 N–H and O–H groups in total. The minimum absolute atomic E-state index is 0.0143. The Balaban J connectivity index is 1.89. The van der Waals surface area contributed by atoms with E-state index in [-0.39, 0.29) is 11.9 Å². The lowest BCUT2D eigenvalue weighted by molar-refractivity contribution is 0.0715. The number of furan rings is 1. The maximum atomic E-state index is 12.5. The van der Waals surface area contributed by atoms with Crippen molar-refractivity contribution in [2.45, 2.75) is 19.9 Å². The Morgan fingerprint density at radius 3 is 2.90 bits per heavy atom. The van der Waals surface area contributed by atoms with Crippen molar-refractivity contribution in [3.05, 3.63) is 52.0 Å². The van der Waals surface area contributed by atoms with Crippen molar-refractivity contribution in [3.63, 3.8) is 0 Å². The largest absolute Gasteiger partial charge is 0.449 e. The molecule has 0 bridgehead atoms. The van der Waals surface area contributed by atoms with Crippen LogP contribution in [0.25, 0.3) is 11.1 Å². The van der Waals surface area contributed by atoms with E-state index < -0.39 is 0 Å². The number of carbonyl (C=O) groups is 1. The molecule has 0 spiro atoms. The van der Waals surface area contributed by atoms with Gasteiger partial charge < -0.3 is 9.32 Å². The number of hydrogen-bond acceptors (Lipinski definition) is 4. The molecule has 3 rings (SSSR count). The standard InChI is InChI=1S/C16H16N2O2S/c1-10-6-7-13-12(17-10)9-14(20-13)16(19)18(3)11(2)15-5-4-8-21-15/h4-9,11H,1-3H3/t11-/m1/s1. The summed E-state index contributed by atoms with van der Waals surface area (Å²) < 4.78 is 5.62. The number of pyridine rings is 1. The lowest BCUT2D eigenvalue weighted by atomic mass is 10.2. The van der Waals surface area contributed by atoms with Crippen LogP contribution in [0, 0.1) is 6.92 Å². The molecule has 0 fully saturated rings. The van der Waals surface area contributed by atoms with Gasteiger partial charge in [0, 0.05) is 23.7 Å². The first-order valence-electron chi connectivity index (χ1n) is 6.74. The van der Waals surface area contributed by atoms with Gasteiger partial charge in [0.25, 0.3) is 5.91 Å². The van der Waals surface area contributed by atoms with Crippen LogP contribution < -0.4 is 0 Å². The fraction of sp³-hybridized carbons (Fsp3) is 0.250. The third kappa shape index (κ3) is 2.56. The molecule has 1 amide bonds. The molecule has 4 nitrogen and oxygen atoms in total. The summed E-state index contributed by atoms with van der Waals surface area (Å²) >= 11 is 1.64. The summed E-state index contributed by atoms with van der Waals surface area (Å²) in [6.45, 7) is 3.92. The average molecular weight is 300 g/mol. The third-order valence-electron chi connectivity index (χ3n) is 3.58. The van der Waals surface area contributed by atoms with Crippen LogP contribution in [0.2, 0.25) is 0 Å². The molecule has 3 aromatic rings. The summed E-state index contributed by atoms with van der Waals surface area (Å²) in [4.78, 5) is 19.8. The fourth-order valence-corrected chi connectivity index (χ4v) is 3.03. The van der Waals surface area contributed by atoms with Crippen molar-refractivity contribution in [1.29, 1.82) is 0 Å². The molecule has 0 saturated carbocycles. The Bertz CT molecular complexity index is 777. The van der Waals surface area contributed by atoms with Gasteiger partial charge >= 0.3 is 0 Å². The van der Waals surface area contributed by atoms with E-state index in [1.807, 2.05) is 43.5 Å². The number of thiophene rings is 1. The van der Waals surface area contributed by atoms with Gasteiger partial charge in [0.15, 0.2) is 11.3 Å². The Morgan fingerprint density at radius 1 is 1.38 bits per heavy atom. The number of amides is 1. The highest BCUT2D eigenvalue weighted by Gasteiger charge is 2.22. The zero-order valence-corrected chi connectivity index (χ0v) is 13.0. The molecule has 5 heteroatoms. The normalized spacial score (nSPS) is 12.5. The molecule has 0 unspecified atom stereocenters. The first kappa shape index (κ1) is 13.8. The molecule has 0 saturated heterocycles. The highest BCUT2D eigenvalue weighted by molar-refractivity contribution is 7.10. The molecule has 108 valence electrons. The smallest absolute Gasteiger partial charge is 0.289 e. The summed E-state index contributed by atoms with van der Waals surface area (Å²) in [7, 11) is 1.79. The number of fused-ring (bicyclic) bond motifs is 1. The molecule has 0 aromatic carbocycles. The van der Waals surface area contributed by atoms with Crippen LogP contribution in [0.3, 0.4) is 0 Å². The van der Waals surface area contributed by atoms with E-state index in [9.17, 15) is 4.79 Å². The van der Waals surface area contributed by atoms with E-state index >= 15 is 0 Å². The van der Waals surface area contributed by atoms with E-state index in [4.69, 9.17) is 4.42 Å². The van der Waals surface area contributed by atoms with E-state index in [1.165, 1.54) is 0 Å². The highest BCUT2D eigenvalue weighted by Crippen LogP contribution is 2.26. The Labute approximate surface area is 127 Å². The fourth-order valence-electron chi connectivity index (χ4n) is 2.20. The Hall–Kier alpha value is -2.14. The molecular weight excluding hydrogens is 284 g/mol. The summed E-state index contributed by atoms with van der Waals surface area (Å²) in [5, 5.41) is 2.01. The number of aromatic nitrogens is 1. The van der Waals surface area contributed by atoms with Crippen LogP contribution in [0.4, 0.5) is 0 Å². The minimum Gasteiger partial charge on any atom is -0.449 e. The Kier molecular flexibility index (Phi) is 3.51. The Morgan fingerprint density at radius 2 is 2.19 bits per heavy atom. The average Bonchev–Trinajstić information content (AvgIpc) is 3.13. The molecule has 0 aliphatic carbocycles. The van der Waals surface area contributed by atoms with Crippen LogP contribution in [-0.4, -0.2) is 22.8 Å². The van der Waals surface area contributed by atoms with Gasteiger partial charge in [-0.3, -0.25) is 4.79 Å². The van der Waals surface area contributed by atoms with Gasteiger partial charge in [0.2, 0.25) is 0 Å². The summed E-state index contributed by atoms with van der Waals surface area (Å²) in [6.07, 6.45) is 0. The lowest BCUT2D eigenvalue weighted by Gasteiger charge is -2.22. The molecule has 0 aliphatic rings. The monoisotopic (exact) mass is 300 g/mol. The summed E-state index contributed by atoms with van der Waals surface area (Å²) in [6, 6.07) is 9.46. The number of hydrogen-bond donors (Lipinski definition) is 0. The van der Waals surface area contributed by atoms with Crippen LogP contribution in [0.1, 0.15) is 34.1 Å². The number of rotatable bonds is 3. The van der Waals surface area contributed by atoms with Crippen LogP contribution in [-0.2, 0) is 0 Å². The van der Waals surface area contributed by atoms with Crippen molar-refractivity contribution in [2.75, 3.05) is 7.05 Å². The van der Waals surface area contributed by atoms with Crippen LogP contribution in [0.15, 0.2) is 40.1 Å². The predicted octanol–water partition coefficient (Wildman–Crippen LogP) is 4.03. The number of carbonyl (C=O) groups excluding carboxylic acids is 1. The predicted molar refractivity (Wildman–Crippen MR) is 83.6 cm³/mol. The quantitative estimate of drug-likeness (QED) is 0.733. The van der Waals surface area contributed by atoms with Gasteiger partial charge in [-0.25, -0.2) is 4.98 Å². The van der Waals surface area contributed by atoms with Crippen molar-refractivity contribution in [1.82, 2.24) is 9.88 Å². The molecule has 1 atom stereocenters. The SMILES string of the molecule is Cc1ccc2oc(C(=O)N(C)[C@H](C)c3cccs3)cc2n1. The second-order valence-corrected chi connectivity index (χ2v) is 6.03. The second kappa shape index (κ2) is 5.33. The number of aryl methyl sites for hydroxylation is 1. The molecule has 3 heterocycles. The van der Waals surface area contributed by atoms with Gasteiger partial charge in [-0.2, -0.15) is 0 Å². The van der Waals surface area contributed by atoms with Gasteiger partial charge in [-0.05, 0) is 37.4 Å². The highest BCUT2D eigenvalue weighted by atomic mass is 32.1. The lowest BCUT2D eigenvalue weighted by Crippen LogP contribution is -2.28. The van der Waals surface area contributed by atoms with Crippen molar-refractivity contribution < 1.29 is 9.21 Å². The topological polar surface area (TPSA) is 46.3 Å². The zero-order chi connectivity index (χ0) is 15.0. The van der Waals surface area contributed by atoms with Crippen molar-refractivity contribution >= 4 is 28.3 Å². The second-order valence-electron chi connectivity index (χ2n) is 5.05. The van der Waals surface area contributed by atoms with Gasteiger partial charge in [-0.1, -0.05) is 6.07 Å². The summed E-state index contributed by atoms with van der Waals surface area (Å²) in [5.41, 5.74) is 2.26. The maximum absolute atomic E-state index is 12.5. The number of nitrogens with zero attached hydrogens (tertiary/aromatic N) is 2. The van der Waals surface area contributed by atoms with E-state index in [0.29, 0.717) is 11.3 Å². The molecule has 3 aromatic heterocycles. The molecular formula is C16H16N2O2S. The van der Waals surface area contributed by atoms with Gasteiger partial charge in [0.05, 0.1) is 6.04 Å². The minimum atomic E-state index is -0.133. The molecule has 0 radical (unpaired) electrons. The zero-order valence-electron chi connectivity index (χ0n) is 12.2. The molecule has 21 heavy (non-hydrogen) atoms. The first-order chi connectivity index (χ1) is 10.1. The third-order valence-corrected chi connectivity index (χ3v) is 4.62.